The first-order valence-corrected chi connectivity index (χ1v) is 11.6. The van der Waals surface area contributed by atoms with Gasteiger partial charge in [0.05, 0.1) is 6.54 Å². The Kier molecular flexibility index (Phi) is 6.60. The van der Waals surface area contributed by atoms with Crippen LogP contribution in [0.1, 0.15) is 46.5 Å². The van der Waals surface area contributed by atoms with Crippen molar-refractivity contribution < 1.29 is 23.5 Å². The fourth-order valence-corrected chi connectivity index (χ4v) is 4.61. The molecule has 0 N–H and O–H groups in total. The molecule has 1 aromatic rings. The molecule has 2 atom stereocenters. The largest absolute Gasteiger partial charge is 0.488 e. The van der Waals surface area contributed by atoms with Crippen LogP contribution in [0.25, 0.3) is 0 Å². The van der Waals surface area contributed by atoms with Crippen molar-refractivity contribution in [2.75, 3.05) is 32.7 Å². The summed E-state index contributed by atoms with van der Waals surface area (Å²) in [6, 6.07) is 5.83. The number of nitrogens with zero attached hydrogens (tertiary/aromatic N) is 3. The van der Waals surface area contributed by atoms with Gasteiger partial charge >= 0.3 is 6.09 Å². The molecule has 0 unspecified atom stereocenters. The van der Waals surface area contributed by atoms with E-state index in [9.17, 15) is 14.0 Å². The average molecular weight is 448 g/mol. The monoisotopic (exact) mass is 447 g/mol. The molecule has 0 spiro atoms. The van der Waals surface area contributed by atoms with Gasteiger partial charge in [0.25, 0.3) is 0 Å². The van der Waals surface area contributed by atoms with Crippen molar-refractivity contribution in [3.63, 3.8) is 0 Å². The van der Waals surface area contributed by atoms with Crippen LogP contribution in [0.5, 0.6) is 5.75 Å². The normalized spacial score (nSPS) is 24.9. The Bertz CT molecular complexity index is 814. The Morgan fingerprint density at radius 2 is 1.69 bits per heavy atom. The molecule has 0 bridgehead atoms. The molecule has 4 rings (SSSR count). The van der Waals surface area contributed by atoms with Crippen LogP contribution in [0.2, 0.25) is 0 Å². The summed E-state index contributed by atoms with van der Waals surface area (Å²) >= 11 is 0. The third-order valence-corrected chi connectivity index (χ3v) is 6.51. The van der Waals surface area contributed by atoms with Crippen molar-refractivity contribution >= 4 is 12.0 Å². The van der Waals surface area contributed by atoms with Gasteiger partial charge in [-0.15, -0.1) is 0 Å². The molecule has 1 saturated carbocycles. The number of benzene rings is 1. The Balaban J connectivity index is 1.43. The van der Waals surface area contributed by atoms with Gasteiger partial charge < -0.3 is 14.4 Å². The van der Waals surface area contributed by atoms with E-state index in [0.29, 0.717) is 31.3 Å². The van der Waals surface area contributed by atoms with E-state index in [2.05, 4.69) is 4.90 Å². The lowest BCUT2D eigenvalue weighted by Crippen LogP contribution is -2.57. The lowest BCUT2D eigenvalue weighted by molar-refractivity contribution is -0.138. The van der Waals surface area contributed by atoms with Gasteiger partial charge in [0.2, 0.25) is 5.91 Å². The SMILES string of the molecule is CC(C)(C)OC(=O)N1C[C@@H](Oc2ccc(F)cc2)C[C@H]1C(=O)N1CCN(C2CCC2)CC1. The smallest absolute Gasteiger partial charge is 0.411 e. The number of hydrogen-bond donors (Lipinski definition) is 0. The van der Waals surface area contributed by atoms with Crippen molar-refractivity contribution in [3.05, 3.63) is 30.1 Å². The Labute approximate surface area is 189 Å². The first kappa shape index (κ1) is 22.8. The van der Waals surface area contributed by atoms with Gasteiger partial charge in [0.1, 0.15) is 29.3 Å². The van der Waals surface area contributed by atoms with Gasteiger partial charge in [0.15, 0.2) is 0 Å². The molecule has 2 amide bonds. The van der Waals surface area contributed by atoms with Crippen LogP contribution in [0.4, 0.5) is 9.18 Å². The van der Waals surface area contributed by atoms with Crippen LogP contribution < -0.4 is 4.74 Å². The van der Waals surface area contributed by atoms with Crippen LogP contribution in [0.3, 0.4) is 0 Å². The second kappa shape index (κ2) is 9.25. The number of ether oxygens (including phenoxy) is 2. The van der Waals surface area contributed by atoms with Crippen molar-refractivity contribution in [1.29, 1.82) is 0 Å². The van der Waals surface area contributed by atoms with Crippen LogP contribution in [0.15, 0.2) is 24.3 Å². The molecule has 1 aliphatic carbocycles. The van der Waals surface area contributed by atoms with Gasteiger partial charge in [-0.25, -0.2) is 9.18 Å². The second-order valence-corrected chi connectivity index (χ2v) is 10.0. The van der Waals surface area contributed by atoms with E-state index in [1.165, 1.54) is 36.3 Å². The highest BCUT2D eigenvalue weighted by molar-refractivity contribution is 5.86. The Morgan fingerprint density at radius 3 is 2.25 bits per heavy atom. The third-order valence-electron chi connectivity index (χ3n) is 6.51. The third kappa shape index (κ3) is 5.34. The summed E-state index contributed by atoms with van der Waals surface area (Å²) < 4.78 is 24.8. The number of amides is 2. The number of likely N-dealkylation sites (tertiary alicyclic amines) is 1. The fraction of sp³-hybridized carbons (Fsp3) is 0.667. The number of piperazine rings is 1. The number of halogens is 1. The summed E-state index contributed by atoms with van der Waals surface area (Å²) in [5.41, 5.74) is -0.658. The van der Waals surface area contributed by atoms with Crippen LogP contribution >= 0.6 is 0 Å². The molecule has 2 heterocycles. The summed E-state index contributed by atoms with van der Waals surface area (Å²) in [5.74, 6) is 0.130. The van der Waals surface area contributed by atoms with Gasteiger partial charge in [-0.05, 0) is 57.9 Å². The lowest BCUT2D eigenvalue weighted by Gasteiger charge is -2.43. The van der Waals surface area contributed by atoms with Gasteiger partial charge in [0, 0.05) is 38.6 Å². The summed E-state index contributed by atoms with van der Waals surface area (Å²) in [6.07, 6.45) is 3.33. The second-order valence-electron chi connectivity index (χ2n) is 10.0. The molecule has 3 fully saturated rings. The molecule has 176 valence electrons. The Morgan fingerprint density at radius 1 is 1.03 bits per heavy atom. The van der Waals surface area contributed by atoms with E-state index in [4.69, 9.17) is 9.47 Å². The van der Waals surface area contributed by atoms with Crippen LogP contribution in [-0.2, 0) is 9.53 Å². The number of carbonyl (C=O) groups excluding carboxylic acids is 2. The first-order valence-electron chi connectivity index (χ1n) is 11.6. The zero-order chi connectivity index (χ0) is 22.9. The highest BCUT2D eigenvalue weighted by Gasteiger charge is 2.44. The number of rotatable bonds is 4. The van der Waals surface area contributed by atoms with E-state index in [0.717, 1.165) is 13.1 Å². The highest BCUT2D eigenvalue weighted by Crippen LogP contribution is 2.29. The summed E-state index contributed by atoms with van der Waals surface area (Å²) in [6.45, 7) is 8.80. The van der Waals surface area contributed by atoms with E-state index in [1.54, 1.807) is 12.1 Å². The first-order chi connectivity index (χ1) is 15.2. The minimum absolute atomic E-state index is 0.0469. The predicted molar refractivity (Wildman–Crippen MR) is 118 cm³/mol. The molecule has 7 nitrogen and oxygen atoms in total. The molecule has 8 heteroatoms. The maximum absolute atomic E-state index is 13.4. The molecule has 0 radical (unpaired) electrons. The number of hydrogen-bond acceptors (Lipinski definition) is 5. The van der Waals surface area contributed by atoms with E-state index in [1.807, 2.05) is 25.7 Å². The fourth-order valence-electron chi connectivity index (χ4n) is 4.61. The molecule has 2 aliphatic heterocycles. The zero-order valence-electron chi connectivity index (χ0n) is 19.3. The quantitative estimate of drug-likeness (QED) is 0.709. The van der Waals surface area contributed by atoms with E-state index >= 15 is 0 Å². The molecule has 32 heavy (non-hydrogen) atoms. The Hall–Kier alpha value is -2.35. The molecule has 0 aromatic heterocycles. The molecule has 3 aliphatic rings. The maximum atomic E-state index is 13.4. The highest BCUT2D eigenvalue weighted by atomic mass is 19.1. The average Bonchev–Trinajstić information content (AvgIpc) is 3.11. The summed E-state index contributed by atoms with van der Waals surface area (Å²) in [5, 5.41) is 0. The van der Waals surface area contributed by atoms with E-state index < -0.39 is 17.7 Å². The summed E-state index contributed by atoms with van der Waals surface area (Å²) in [4.78, 5) is 32.2. The minimum Gasteiger partial charge on any atom is -0.488 e. The van der Waals surface area contributed by atoms with Gasteiger partial charge in [-0.2, -0.15) is 0 Å². The molecular formula is C24H34FN3O4. The van der Waals surface area contributed by atoms with Crippen molar-refractivity contribution in [1.82, 2.24) is 14.7 Å². The minimum atomic E-state index is -0.658. The number of carbonyl (C=O) groups is 2. The molecular weight excluding hydrogens is 413 g/mol. The lowest BCUT2D eigenvalue weighted by atomic mass is 9.91. The standard InChI is InChI=1S/C24H34FN3O4/c1-24(2,3)32-23(30)28-16-20(31-19-9-7-17(25)8-10-19)15-21(28)22(29)27-13-11-26(12-14-27)18-5-4-6-18/h7-10,18,20-21H,4-6,11-16H2,1-3H3/t20-,21-/m0/s1. The van der Waals surface area contributed by atoms with Crippen molar-refractivity contribution in [3.8, 4) is 5.75 Å². The molecule has 2 saturated heterocycles. The maximum Gasteiger partial charge on any atom is 0.411 e. The van der Waals surface area contributed by atoms with Crippen molar-refractivity contribution in [2.45, 2.75) is 70.2 Å². The molecule has 1 aromatic carbocycles. The zero-order valence-corrected chi connectivity index (χ0v) is 19.3. The van der Waals surface area contributed by atoms with Crippen LogP contribution in [0, 0.1) is 5.82 Å². The van der Waals surface area contributed by atoms with Gasteiger partial charge in [-0.1, -0.05) is 6.42 Å². The van der Waals surface area contributed by atoms with Gasteiger partial charge in [-0.3, -0.25) is 14.6 Å². The summed E-state index contributed by atoms with van der Waals surface area (Å²) in [7, 11) is 0. The van der Waals surface area contributed by atoms with Crippen LogP contribution in [-0.4, -0.2) is 83.2 Å². The predicted octanol–water partition coefficient (Wildman–Crippen LogP) is 3.28. The topological polar surface area (TPSA) is 62.3 Å². The van der Waals surface area contributed by atoms with E-state index in [-0.39, 0.29) is 24.4 Å². The van der Waals surface area contributed by atoms with Crippen molar-refractivity contribution in [2.24, 2.45) is 0 Å².